The molecule has 162 valence electrons. The van der Waals surface area contributed by atoms with Gasteiger partial charge in [-0.05, 0) is 48.7 Å². The molecule has 0 radical (unpaired) electrons. The van der Waals surface area contributed by atoms with Gasteiger partial charge in [-0.15, -0.1) is 0 Å². The Morgan fingerprint density at radius 1 is 1.20 bits per heavy atom. The van der Waals surface area contributed by atoms with E-state index in [-0.39, 0.29) is 12.7 Å². The van der Waals surface area contributed by atoms with E-state index in [0.29, 0.717) is 43.2 Å². The fourth-order valence-electron chi connectivity index (χ4n) is 3.68. The molecule has 6 heteroatoms. The lowest BCUT2D eigenvalue weighted by Crippen LogP contribution is -2.33. The van der Waals surface area contributed by atoms with Crippen LogP contribution < -0.4 is 9.47 Å². The molecule has 0 spiro atoms. The summed E-state index contributed by atoms with van der Waals surface area (Å²) in [6.45, 7) is 6.48. The molecule has 30 heavy (non-hydrogen) atoms. The van der Waals surface area contributed by atoms with Crippen LogP contribution in [-0.2, 0) is 11.2 Å². The molecule has 0 amide bonds. The van der Waals surface area contributed by atoms with Crippen molar-refractivity contribution in [2.24, 2.45) is 0 Å². The maximum atomic E-state index is 10.3. The average Bonchev–Trinajstić information content (AvgIpc) is 2.74. The second-order valence-corrected chi connectivity index (χ2v) is 7.80. The Labute approximate surface area is 182 Å². The molecule has 0 bridgehead atoms. The fraction of sp³-hybridized carbons (Fsp3) is 0.417. The molecule has 1 heterocycles. The van der Waals surface area contributed by atoms with Gasteiger partial charge in [0.25, 0.3) is 0 Å². The van der Waals surface area contributed by atoms with Gasteiger partial charge < -0.3 is 24.4 Å². The van der Waals surface area contributed by atoms with Crippen LogP contribution in [0.15, 0.2) is 49.1 Å². The zero-order chi connectivity index (χ0) is 21.5. The van der Waals surface area contributed by atoms with Crippen molar-refractivity contribution in [3.05, 3.63) is 70.8 Å². The summed E-state index contributed by atoms with van der Waals surface area (Å²) in [5.41, 5.74) is 2.86. The van der Waals surface area contributed by atoms with Crippen molar-refractivity contribution >= 4 is 11.6 Å². The minimum absolute atomic E-state index is 0.136. The highest BCUT2D eigenvalue weighted by molar-refractivity contribution is 6.31. The van der Waals surface area contributed by atoms with E-state index in [0.717, 1.165) is 22.4 Å². The summed E-state index contributed by atoms with van der Waals surface area (Å²) in [5.74, 6) is 1.44. The molecule has 2 aromatic carbocycles. The summed E-state index contributed by atoms with van der Waals surface area (Å²) in [4.78, 5) is 0. The molecule has 1 aliphatic rings. The third-order valence-corrected chi connectivity index (χ3v) is 5.44. The number of rotatable bonds is 9. The number of hydrogen-bond donors (Lipinski definition) is 2. The topological polar surface area (TPSA) is 68.2 Å². The standard InChI is InChI=1S/C24H29ClO5/c1-3-9-29-23-14-22(25)17(10-16-5-7-19(8-6-16)28-4-2)11-21(23)24-13-18(27)12-20(15-26)30-24/h3,5-8,11,14,18,20,24,26-27H,1,4,9-10,12-13,15H2,2H3. The third kappa shape index (κ3) is 5.76. The van der Waals surface area contributed by atoms with Gasteiger partial charge in [0.2, 0.25) is 0 Å². The summed E-state index contributed by atoms with van der Waals surface area (Å²) < 4.78 is 17.4. The molecule has 3 atom stereocenters. The maximum absolute atomic E-state index is 10.3. The molecular formula is C24H29ClO5. The van der Waals surface area contributed by atoms with E-state index in [1.807, 2.05) is 37.3 Å². The monoisotopic (exact) mass is 432 g/mol. The zero-order valence-electron chi connectivity index (χ0n) is 17.2. The van der Waals surface area contributed by atoms with E-state index in [1.165, 1.54) is 0 Å². The van der Waals surface area contributed by atoms with E-state index in [2.05, 4.69) is 6.58 Å². The molecule has 3 rings (SSSR count). The van der Waals surface area contributed by atoms with Crippen LogP contribution in [0.2, 0.25) is 5.02 Å². The first-order valence-electron chi connectivity index (χ1n) is 10.3. The Morgan fingerprint density at radius 2 is 1.97 bits per heavy atom. The SMILES string of the molecule is C=CCOc1cc(Cl)c(Cc2ccc(OCC)cc2)cc1C1CC(O)CC(CO)O1. The number of halogens is 1. The largest absolute Gasteiger partial charge is 0.494 e. The Morgan fingerprint density at radius 3 is 2.63 bits per heavy atom. The highest BCUT2D eigenvalue weighted by atomic mass is 35.5. The van der Waals surface area contributed by atoms with Gasteiger partial charge in [-0.3, -0.25) is 0 Å². The highest BCUT2D eigenvalue weighted by Gasteiger charge is 2.31. The van der Waals surface area contributed by atoms with Crippen LogP contribution in [0.3, 0.4) is 0 Å². The lowest BCUT2D eigenvalue weighted by molar-refractivity contribution is -0.114. The molecule has 2 N–H and O–H groups in total. The van der Waals surface area contributed by atoms with Crippen molar-refractivity contribution in [1.29, 1.82) is 0 Å². The summed E-state index contributed by atoms with van der Waals surface area (Å²) in [6.07, 6.45) is 1.82. The van der Waals surface area contributed by atoms with Gasteiger partial charge in [0.1, 0.15) is 18.1 Å². The zero-order valence-corrected chi connectivity index (χ0v) is 18.0. The number of benzene rings is 2. The van der Waals surface area contributed by atoms with Crippen molar-refractivity contribution in [2.45, 2.75) is 44.5 Å². The molecule has 0 saturated carbocycles. The molecule has 1 saturated heterocycles. The Bertz CT molecular complexity index is 836. The molecule has 1 fully saturated rings. The predicted molar refractivity (Wildman–Crippen MR) is 118 cm³/mol. The van der Waals surface area contributed by atoms with E-state index >= 15 is 0 Å². The van der Waals surface area contributed by atoms with Gasteiger partial charge in [0, 0.05) is 23.4 Å². The van der Waals surface area contributed by atoms with E-state index in [4.69, 9.17) is 25.8 Å². The number of aliphatic hydroxyl groups excluding tert-OH is 2. The molecule has 3 unspecified atom stereocenters. The highest BCUT2D eigenvalue weighted by Crippen LogP contribution is 2.39. The van der Waals surface area contributed by atoms with Crippen molar-refractivity contribution < 1.29 is 24.4 Å². The molecule has 5 nitrogen and oxygen atoms in total. The van der Waals surface area contributed by atoms with Crippen molar-refractivity contribution in [3.63, 3.8) is 0 Å². The molecule has 1 aliphatic heterocycles. The van der Waals surface area contributed by atoms with Gasteiger partial charge in [0.05, 0.1) is 31.5 Å². The smallest absolute Gasteiger partial charge is 0.127 e. The maximum Gasteiger partial charge on any atom is 0.127 e. The van der Waals surface area contributed by atoms with E-state index < -0.39 is 12.2 Å². The second kappa shape index (κ2) is 10.8. The predicted octanol–water partition coefficient (Wildman–Crippen LogP) is 4.47. The van der Waals surface area contributed by atoms with Crippen LogP contribution in [0.4, 0.5) is 0 Å². The van der Waals surface area contributed by atoms with Crippen molar-refractivity contribution in [2.75, 3.05) is 19.8 Å². The number of aliphatic hydroxyl groups is 2. The lowest BCUT2D eigenvalue weighted by Gasteiger charge is -2.33. The van der Waals surface area contributed by atoms with Crippen LogP contribution in [0.25, 0.3) is 0 Å². The average molecular weight is 433 g/mol. The minimum atomic E-state index is -0.543. The van der Waals surface area contributed by atoms with Crippen LogP contribution in [0.1, 0.15) is 42.6 Å². The summed E-state index contributed by atoms with van der Waals surface area (Å²) in [5, 5.41) is 20.4. The first-order chi connectivity index (χ1) is 14.5. The van der Waals surface area contributed by atoms with Crippen LogP contribution in [0, 0.1) is 0 Å². The van der Waals surface area contributed by atoms with E-state index in [9.17, 15) is 10.2 Å². The number of hydrogen-bond acceptors (Lipinski definition) is 5. The third-order valence-electron chi connectivity index (χ3n) is 5.09. The van der Waals surface area contributed by atoms with Crippen LogP contribution in [-0.4, -0.2) is 42.2 Å². The lowest BCUT2D eigenvalue weighted by atomic mass is 9.93. The summed E-state index contributed by atoms with van der Waals surface area (Å²) >= 11 is 6.57. The molecular weight excluding hydrogens is 404 g/mol. The second-order valence-electron chi connectivity index (χ2n) is 7.39. The number of ether oxygens (including phenoxy) is 3. The summed E-state index contributed by atoms with van der Waals surface area (Å²) in [7, 11) is 0. The summed E-state index contributed by atoms with van der Waals surface area (Å²) in [6, 6.07) is 11.7. The van der Waals surface area contributed by atoms with Gasteiger partial charge in [-0.1, -0.05) is 36.4 Å². The van der Waals surface area contributed by atoms with Gasteiger partial charge in [-0.25, -0.2) is 0 Å². The minimum Gasteiger partial charge on any atom is -0.494 e. The van der Waals surface area contributed by atoms with E-state index in [1.54, 1.807) is 12.1 Å². The van der Waals surface area contributed by atoms with Crippen LogP contribution in [0.5, 0.6) is 11.5 Å². The Kier molecular flexibility index (Phi) is 8.16. The van der Waals surface area contributed by atoms with Crippen molar-refractivity contribution in [1.82, 2.24) is 0 Å². The normalized spacial score (nSPS) is 21.3. The van der Waals surface area contributed by atoms with Crippen molar-refractivity contribution in [3.8, 4) is 11.5 Å². The van der Waals surface area contributed by atoms with Gasteiger partial charge in [0.15, 0.2) is 0 Å². The Balaban J connectivity index is 1.90. The van der Waals surface area contributed by atoms with Gasteiger partial charge >= 0.3 is 0 Å². The van der Waals surface area contributed by atoms with Gasteiger partial charge in [-0.2, -0.15) is 0 Å². The van der Waals surface area contributed by atoms with Crippen LogP contribution >= 0.6 is 11.6 Å². The first-order valence-corrected chi connectivity index (χ1v) is 10.6. The quantitative estimate of drug-likeness (QED) is 0.572. The molecule has 0 aromatic heterocycles. The molecule has 0 aliphatic carbocycles. The first kappa shape index (κ1) is 22.6. The fourth-order valence-corrected chi connectivity index (χ4v) is 3.90. The Hall–Kier alpha value is -2.05. The molecule has 2 aromatic rings.